The van der Waals surface area contributed by atoms with Crippen molar-refractivity contribution >= 4 is 6.02 Å². The van der Waals surface area contributed by atoms with Crippen molar-refractivity contribution in [1.29, 1.82) is 0 Å². The normalized spacial score (nSPS) is 20.0. The predicted molar refractivity (Wildman–Crippen MR) is 90.1 cm³/mol. The molecule has 0 aliphatic carbocycles. The first-order valence-corrected chi connectivity index (χ1v) is 7.89. The molecule has 1 aromatic carbocycles. The van der Waals surface area contributed by atoms with Crippen LogP contribution in [-0.4, -0.2) is 27.6 Å². The van der Waals surface area contributed by atoms with Gasteiger partial charge in [-0.05, 0) is 29.8 Å². The van der Waals surface area contributed by atoms with Gasteiger partial charge >= 0.3 is 0 Å². The number of hydrogen-bond acceptors (Lipinski definition) is 7. The number of fused-ring (bicyclic) bond motifs is 4. The summed E-state index contributed by atoms with van der Waals surface area (Å²) in [5.74, 6) is 0.0601. The van der Waals surface area contributed by atoms with Crippen LogP contribution in [0.15, 0.2) is 54.0 Å². The van der Waals surface area contributed by atoms with Gasteiger partial charge in [0.05, 0.1) is 5.56 Å². The van der Waals surface area contributed by atoms with E-state index in [-0.39, 0.29) is 18.5 Å². The van der Waals surface area contributed by atoms with Crippen molar-refractivity contribution in [3.05, 3.63) is 66.1 Å². The fourth-order valence-electron chi connectivity index (χ4n) is 3.34. The van der Waals surface area contributed by atoms with Crippen LogP contribution in [-0.2, 0) is 10.3 Å². The number of aromatic nitrogens is 3. The third-order valence-corrected chi connectivity index (χ3v) is 4.53. The summed E-state index contributed by atoms with van der Waals surface area (Å²) < 4.78 is 24.9. The third kappa shape index (κ3) is 2.05. The van der Waals surface area contributed by atoms with Crippen molar-refractivity contribution < 1.29 is 13.9 Å². The predicted octanol–water partition coefficient (Wildman–Crippen LogP) is 2.37. The van der Waals surface area contributed by atoms with Crippen LogP contribution in [0.4, 0.5) is 4.39 Å². The minimum atomic E-state index is -0.931. The van der Waals surface area contributed by atoms with Gasteiger partial charge in [0.2, 0.25) is 11.8 Å². The van der Waals surface area contributed by atoms with Crippen molar-refractivity contribution in [1.82, 2.24) is 15.0 Å². The van der Waals surface area contributed by atoms with E-state index >= 15 is 0 Å². The zero-order valence-corrected chi connectivity index (χ0v) is 13.4. The van der Waals surface area contributed by atoms with Crippen LogP contribution in [0.2, 0.25) is 0 Å². The van der Waals surface area contributed by atoms with E-state index in [2.05, 4.69) is 19.9 Å². The summed E-state index contributed by atoms with van der Waals surface area (Å²) in [5.41, 5.74) is 7.99. The third-order valence-electron chi connectivity index (χ3n) is 4.53. The Balaban J connectivity index is 1.75. The molecule has 2 aliphatic heterocycles. The molecule has 7 nitrogen and oxygen atoms in total. The van der Waals surface area contributed by atoms with Gasteiger partial charge in [0.25, 0.3) is 6.02 Å². The largest absolute Gasteiger partial charge is 0.462 e. The van der Waals surface area contributed by atoms with Crippen LogP contribution in [0.1, 0.15) is 11.1 Å². The summed E-state index contributed by atoms with van der Waals surface area (Å²) in [4.78, 5) is 16.5. The van der Waals surface area contributed by atoms with Gasteiger partial charge in [-0.2, -0.15) is 9.37 Å². The number of halogens is 1. The Bertz CT molecular complexity index is 1060. The van der Waals surface area contributed by atoms with E-state index < -0.39 is 11.5 Å². The Hall–Kier alpha value is -3.55. The molecular formula is C18H12FN5O2. The molecule has 0 saturated heterocycles. The van der Waals surface area contributed by atoms with E-state index in [0.29, 0.717) is 11.3 Å². The molecule has 2 aliphatic rings. The lowest BCUT2D eigenvalue weighted by molar-refractivity contribution is 0.261. The van der Waals surface area contributed by atoms with Gasteiger partial charge in [-0.1, -0.05) is 6.07 Å². The summed E-state index contributed by atoms with van der Waals surface area (Å²) >= 11 is 0. The van der Waals surface area contributed by atoms with Crippen LogP contribution in [0, 0.1) is 5.95 Å². The van der Waals surface area contributed by atoms with Crippen molar-refractivity contribution in [3.8, 4) is 22.8 Å². The highest BCUT2D eigenvalue weighted by Crippen LogP contribution is 2.50. The fourth-order valence-corrected chi connectivity index (χ4v) is 3.34. The molecule has 0 fully saturated rings. The minimum Gasteiger partial charge on any atom is -0.462 e. The fraction of sp³-hybridized carbons (Fsp3) is 0.111. The highest BCUT2D eigenvalue weighted by atomic mass is 19.1. The molecule has 8 heteroatoms. The van der Waals surface area contributed by atoms with Gasteiger partial charge in [0.15, 0.2) is 5.54 Å². The topological polar surface area (TPSA) is 95.5 Å². The molecule has 3 aromatic rings. The number of pyridine rings is 1. The molecule has 4 heterocycles. The number of benzene rings is 1. The molecule has 2 aromatic heterocycles. The quantitative estimate of drug-likeness (QED) is 0.678. The van der Waals surface area contributed by atoms with Crippen LogP contribution >= 0.6 is 0 Å². The van der Waals surface area contributed by atoms with E-state index in [0.717, 1.165) is 16.7 Å². The highest BCUT2D eigenvalue weighted by molar-refractivity contribution is 5.77. The first-order chi connectivity index (χ1) is 12.7. The minimum absolute atomic E-state index is 0.0709. The molecule has 128 valence electrons. The Kier molecular flexibility index (Phi) is 2.96. The number of ether oxygens (including phenoxy) is 2. The van der Waals surface area contributed by atoms with Crippen molar-refractivity contribution in [2.45, 2.75) is 5.54 Å². The molecule has 0 saturated carbocycles. The Morgan fingerprint density at radius 3 is 2.65 bits per heavy atom. The zero-order valence-electron chi connectivity index (χ0n) is 13.4. The number of rotatable bonds is 1. The molecule has 1 atom stereocenters. The molecule has 26 heavy (non-hydrogen) atoms. The molecular weight excluding hydrogens is 337 g/mol. The molecule has 0 bridgehead atoms. The number of amidine groups is 1. The number of aliphatic imine (C=N–C) groups is 1. The maximum absolute atomic E-state index is 13.6. The van der Waals surface area contributed by atoms with Crippen LogP contribution in [0.3, 0.4) is 0 Å². The second kappa shape index (κ2) is 5.22. The Morgan fingerprint density at radius 2 is 1.88 bits per heavy atom. The lowest BCUT2D eigenvalue weighted by atomic mass is 9.81. The van der Waals surface area contributed by atoms with Crippen LogP contribution in [0.25, 0.3) is 11.1 Å². The standard InChI is InChI=1S/C18H12FN5O2/c19-15-4-2-12-16(23-15)26-14-3-1-10(11-6-21-9-22-7-11)5-13(14)18(12)8-25-17(20)24-18/h1-7,9H,8H2,(H2,20,24). The molecule has 2 N–H and O–H groups in total. The van der Waals surface area contributed by atoms with Gasteiger partial charge in [-0.3, -0.25) is 0 Å². The maximum atomic E-state index is 13.6. The van der Waals surface area contributed by atoms with Gasteiger partial charge in [-0.25, -0.2) is 15.0 Å². The van der Waals surface area contributed by atoms with Gasteiger partial charge in [0.1, 0.15) is 18.7 Å². The molecule has 0 radical (unpaired) electrons. The summed E-state index contributed by atoms with van der Waals surface area (Å²) in [6, 6.07) is 8.54. The first-order valence-electron chi connectivity index (χ1n) is 7.89. The van der Waals surface area contributed by atoms with E-state index in [1.807, 2.05) is 12.1 Å². The Morgan fingerprint density at radius 1 is 1.04 bits per heavy atom. The summed E-state index contributed by atoms with van der Waals surface area (Å²) in [5, 5.41) is 0. The highest BCUT2D eigenvalue weighted by Gasteiger charge is 2.47. The SMILES string of the molecule is NC1=NC2(CO1)c1cc(-c3cncnc3)ccc1Oc1nc(F)ccc12. The van der Waals surface area contributed by atoms with Crippen molar-refractivity contribution in [2.24, 2.45) is 10.7 Å². The average Bonchev–Trinajstić information content (AvgIpc) is 3.04. The van der Waals surface area contributed by atoms with Crippen molar-refractivity contribution in [2.75, 3.05) is 6.61 Å². The first kappa shape index (κ1) is 14.8. The molecule has 5 rings (SSSR count). The van der Waals surface area contributed by atoms with Crippen LogP contribution < -0.4 is 10.5 Å². The van der Waals surface area contributed by atoms with E-state index in [1.54, 1.807) is 24.5 Å². The monoisotopic (exact) mass is 349 g/mol. The van der Waals surface area contributed by atoms with E-state index in [1.165, 1.54) is 12.4 Å². The van der Waals surface area contributed by atoms with Gasteiger partial charge in [0, 0.05) is 23.5 Å². The van der Waals surface area contributed by atoms with E-state index in [4.69, 9.17) is 15.2 Å². The van der Waals surface area contributed by atoms with Crippen LogP contribution in [0.5, 0.6) is 11.6 Å². The van der Waals surface area contributed by atoms with Gasteiger partial charge < -0.3 is 15.2 Å². The summed E-state index contributed by atoms with van der Waals surface area (Å²) in [6.45, 7) is 0.185. The number of nitrogens with zero attached hydrogens (tertiary/aromatic N) is 4. The lowest BCUT2D eigenvalue weighted by Crippen LogP contribution is -2.31. The number of nitrogens with two attached hydrogens (primary N) is 1. The molecule has 1 spiro atoms. The lowest BCUT2D eigenvalue weighted by Gasteiger charge is -2.32. The molecule has 0 amide bonds. The second-order valence-electron chi connectivity index (χ2n) is 6.03. The zero-order chi connectivity index (χ0) is 17.7. The summed E-state index contributed by atoms with van der Waals surface area (Å²) in [7, 11) is 0. The maximum Gasteiger partial charge on any atom is 0.283 e. The smallest absolute Gasteiger partial charge is 0.283 e. The average molecular weight is 349 g/mol. The summed E-state index contributed by atoms with van der Waals surface area (Å²) in [6.07, 6.45) is 4.91. The number of hydrogen-bond donors (Lipinski definition) is 1. The van der Waals surface area contributed by atoms with Crippen molar-refractivity contribution in [3.63, 3.8) is 0 Å². The van der Waals surface area contributed by atoms with E-state index in [9.17, 15) is 4.39 Å². The molecule has 1 unspecified atom stereocenters. The van der Waals surface area contributed by atoms with Gasteiger partial charge in [-0.15, -0.1) is 0 Å². The second-order valence-corrected chi connectivity index (χ2v) is 6.03. The Labute approximate surface area is 147 Å².